The normalized spacial score (nSPS) is 15.9. The van der Waals surface area contributed by atoms with Crippen LogP contribution < -0.4 is 5.56 Å². The van der Waals surface area contributed by atoms with Gasteiger partial charge in [-0.15, -0.1) is 11.3 Å². The lowest BCUT2D eigenvalue weighted by Crippen LogP contribution is -2.28. The van der Waals surface area contributed by atoms with Crippen molar-refractivity contribution < 1.29 is 4.74 Å². The van der Waals surface area contributed by atoms with Gasteiger partial charge in [0.2, 0.25) is 0 Å². The summed E-state index contributed by atoms with van der Waals surface area (Å²) in [6, 6.07) is 20.5. The first-order valence-corrected chi connectivity index (χ1v) is 12.8. The maximum absolute atomic E-state index is 13.9. The highest BCUT2D eigenvalue weighted by Gasteiger charge is 2.28. The number of thiophene rings is 1. The molecule has 0 amide bonds. The lowest BCUT2D eigenvalue weighted by molar-refractivity contribution is 0.00200. The van der Waals surface area contributed by atoms with Gasteiger partial charge in [0, 0.05) is 17.1 Å². The smallest absolute Gasteiger partial charge is 0.263 e. The molecule has 0 saturated carbocycles. The van der Waals surface area contributed by atoms with Gasteiger partial charge in [-0.2, -0.15) is 0 Å². The summed E-state index contributed by atoms with van der Waals surface area (Å²) < 4.78 is 7.92. The van der Waals surface area contributed by atoms with E-state index < -0.39 is 0 Å². The average molecular weight is 463 g/mol. The Morgan fingerprint density at radius 1 is 1.09 bits per heavy atom. The molecule has 4 nitrogen and oxygen atoms in total. The van der Waals surface area contributed by atoms with Crippen molar-refractivity contribution in [1.82, 2.24) is 9.55 Å². The lowest BCUT2D eigenvalue weighted by Gasteiger charge is -2.26. The predicted octanol–water partition coefficient (Wildman–Crippen LogP) is 5.90. The van der Waals surface area contributed by atoms with Crippen LogP contribution in [0.3, 0.4) is 0 Å². The molecule has 0 bridgehead atoms. The fraction of sp³-hybridized carbons (Fsp3) is 0.308. The molecule has 0 saturated heterocycles. The summed E-state index contributed by atoms with van der Waals surface area (Å²) >= 11 is 3.24. The molecule has 164 valence electrons. The minimum Gasteiger partial charge on any atom is -0.372 e. The Bertz CT molecular complexity index is 1280. The number of ether oxygens (including phenoxy) is 1. The highest BCUT2D eigenvalue weighted by molar-refractivity contribution is 7.98. The summed E-state index contributed by atoms with van der Waals surface area (Å²) in [5.74, 6) is 1.19. The van der Waals surface area contributed by atoms with Crippen molar-refractivity contribution in [3.8, 4) is 0 Å². The van der Waals surface area contributed by atoms with Gasteiger partial charge >= 0.3 is 0 Å². The average Bonchev–Trinajstić information content (AvgIpc) is 3.19. The van der Waals surface area contributed by atoms with Crippen molar-refractivity contribution in [2.45, 2.75) is 50.4 Å². The topological polar surface area (TPSA) is 44.1 Å². The van der Waals surface area contributed by atoms with Crippen LogP contribution in [0.1, 0.15) is 35.4 Å². The fourth-order valence-corrected chi connectivity index (χ4v) is 6.23. The van der Waals surface area contributed by atoms with E-state index in [0.717, 1.165) is 43.6 Å². The van der Waals surface area contributed by atoms with Gasteiger partial charge in [-0.05, 0) is 22.6 Å². The Kier molecular flexibility index (Phi) is 6.17. The number of hydrogen-bond donors (Lipinski definition) is 0. The van der Waals surface area contributed by atoms with Gasteiger partial charge in [-0.1, -0.05) is 86.3 Å². The second kappa shape index (κ2) is 9.22. The second-order valence-electron chi connectivity index (χ2n) is 8.53. The van der Waals surface area contributed by atoms with Crippen LogP contribution in [0.15, 0.2) is 70.6 Å². The van der Waals surface area contributed by atoms with Crippen molar-refractivity contribution >= 4 is 33.3 Å². The summed E-state index contributed by atoms with van der Waals surface area (Å²) in [6.45, 7) is 5.45. The fourth-order valence-electron chi connectivity index (χ4n) is 4.11. The third-order valence-corrected chi connectivity index (χ3v) is 8.08. The van der Waals surface area contributed by atoms with Crippen LogP contribution in [0, 0.1) is 5.92 Å². The number of nitrogens with zero attached hydrogens (tertiary/aromatic N) is 2. The maximum atomic E-state index is 13.9. The van der Waals surface area contributed by atoms with Gasteiger partial charge in [-0.25, -0.2) is 4.98 Å². The standard InChI is InChI=1S/C26H26N2O2S2/c1-17(2)21-13-20-22(15-30-21)32-24-23(20)25(29)28(14-18-9-5-3-6-10-18)26(27-24)31-16-19-11-7-4-8-12-19/h3-12,17,21H,13-16H2,1-2H3/t21-/m1/s1. The van der Waals surface area contributed by atoms with Gasteiger partial charge < -0.3 is 4.74 Å². The summed E-state index contributed by atoms with van der Waals surface area (Å²) in [5.41, 5.74) is 3.53. The van der Waals surface area contributed by atoms with E-state index in [9.17, 15) is 4.79 Å². The molecule has 6 heteroatoms. The number of hydrogen-bond acceptors (Lipinski definition) is 5. The van der Waals surface area contributed by atoms with Crippen molar-refractivity contribution in [2.75, 3.05) is 0 Å². The van der Waals surface area contributed by atoms with Crippen molar-refractivity contribution in [3.63, 3.8) is 0 Å². The molecule has 0 unspecified atom stereocenters. The summed E-state index contributed by atoms with van der Waals surface area (Å²) in [4.78, 5) is 20.9. The lowest BCUT2D eigenvalue weighted by atomic mass is 9.96. The largest absolute Gasteiger partial charge is 0.372 e. The molecule has 5 rings (SSSR count). The highest BCUT2D eigenvalue weighted by Crippen LogP contribution is 2.36. The van der Waals surface area contributed by atoms with Crippen molar-refractivity contribution in [2.24, 2.45) is 5.92 Å². The van der Waals surface area contributed by atoms with Gasteiger partial charge in [0.15, 0.2) is 5.16 Å². The molecule has 1 atom stereocenters. The first-order valence-electron chi connectivity index (χ1n) is 11.0. The van der Waals surface area contributed by atoms with Crippen LogP contribution in [-0.4, -0.2) is 15.7 Å². The van der Waals surface area contributed by atoms with E-state index in [0.29, 0.717) is 19.1 Å². The molecule has 0 aliphatic carbocycles. The van der Waals surface area contributed by atoms with Crippen LogP contribution >= 0.6 is 23.1 Å². The van der Waals surface area contributed by atoms with Gasteiger partial charge in [0.1, 0.15) is 4.83 Å². The Balaban J connectivity index is 1.59. The zero-order valence-electron chi connectivity index (χ0n) is 18.3. The number of aromatic nitrogens is 2. The number of rotatable bonds is 6. The van der Waals surface area contributed by atoms with Crippen LogP contribution in [0.4, 0.5) is 0 Å². The predicted molar refractivity (Wildman–Crippen MR) is 133 cm³/mol. The molecular formula is C26H26N2O2S2. The van der Waals surface area contributed by atoms with Gasteiger partial charge in [0.25, 0.3) is 5.56 Å². The van der Waals surface area contributed by atoms with E-state index in [2.05, 4.69) is 38.1 Å². The van der Waals surface area contributed by atoms with Crippen LogP contribution in [0.2, 0.25) is 0 Å². The molecule has 2 aromatic heterocycles. The minimum atomic E-state index is 0.0660. The van der Waals surface area contributed by atoms with Crippen LogP contribution in [-0.2, 0) is 30.1 Å². The van der Waals surface area contributed by atoms with Gasteiger partial charge in [0.05, 0.1) is 24.6 Å². The molecule has 0 N–H and O–H groups in total. The molecule has 1 aliphatic heterocycles. The van der Waals surface area contributed by atoms with E-state index in [1.807, 2.05) is 41.0 Å². The van der Waals surface area contributed by atoms with E-state index in [-0.39, 0.29) is 11.7 Å². The number of thioether (sulfide) groups is 1. The summed E-state index contributed by atoms with van der Waals surface area (Å²) in [7, 11) is 0. The van der Waals surface area contributed by atoms with Gasteiger partial charge in [-0.3, -0.25) is 9.36 Å². The Hall–Kier alpha value is -2.41. The maximum Gasteiger partial charge on any atom is 0.263 e. The SMILES string of the molecule is CC(C)[C@H]1Cc2c(sc3nc(SCc4ccccc4)n(Cc4ccccc4)c(=O)c23)CO1. The molecular weight excluding hydrogens is 436 g/mol. The van der Waals surface area contributed by atoms with Crippen LogP contribution in [0.5, 0.6) is 0 Å². The van der Waals surface area contributed by atoms with Crippen molar-refractivity contribution in [3.05, 3.63) is 92.6 Å². The van der Waals surface area contributed by atoms with Crippen LogP contribution in [0.25, 0.3) is 10.2 Å². The zero-order chi connectivity index (χ0) is 22.1. The molecule has 0 radical (unpaired) electrons. The quantitative estimate of drug-likeness (QED) is 0.264. The third kappa shape index (κ3) is 4.27. The summed E-state index contributed by atoms with van der Waals surface area (Å²) in [5, 5.41) is 1.56. The molecule has 3 heterocycles. The van der Waals surface area contributed by atoms with E-state index in [1.165, 1.54) is 5.56 Å². The van der Waals surface area contributed by atoms with Crippen molar-refractivity contribution in [1.29, 1.82) is 0 Å². The Labute approximate surface area is 196 Å². The summed E-state index contributed by atoms with van der Waals surface area (Å²) in [6.07, 6.45) is 0.931. The monoisotopic (exact) mass is 462 g/mol. The van der Waals surface area contributed by atoms with E-state index in [1.54, 1.807) is 23.1 Å². The molecule has 4 aromatic rings. The molecule has 2 aromatic carbocycles. The molecule has 1 aliphatic rings. The zero-order valence-corrected chi connectivity index (χ0v) is 19.9. The second-order valence-corrected chi connectivity index (χ2v) is 10.6. The third-order valence-electron chi connectivity index (χ3n) is 5.93. The number of fused-ring (bicyclic) bond motifs is 3. The minimum absolute atomic E-state index is 0.0660. The number of benzene rings is 2. The van der Waals surface area contributed by atoms with E-state index >= 15 is 0 Å². The molecule has 0 spiro atoms. The molecule has 32 heavy (non-hydrogen) atoms. The first kappa shape index (κ1) is 21.4. The first-order chi connectivity index (χ1) is 15.6. The Morgan fingerprint density at radius 3 is 2.47 bits per heavy atom. The Morgan fingerprint density at radius 2 is 1.78 bits per heavy atom. The highest BCUT2D eigenvalue weighted by atomic mass is 32.2. The molecule has 0 fully saturated rings. The van der Waals surface area contributed by atoms with E-state index in [4.69, 9.17) is 9.72 Å².